The molecule has 1 saturated carbocycles. The molecule has 5 nitrogen and oxygen atoms in total. The lowest BCUT2D eigenvalue weighted by molar-refractivity contribution is -0.121. The average molecular weight is 235 g/mol. The van der Waals surface area contributed by atoms with Gasteiger partial charge in [-0.25, -0.2) is 0 Å². The van der Waals surface area contributed by atoms with E-state index in [0.29, 0.717) is 12.8 Å². The summed E-state index contributed by atoms with van der Waals surface area (Å²) in [6.45, 7) is 1.79. The number of anilines is 1. The molecule has 0 aromatic carbocycles. The number of pyridine rings is 1. The second-order valence-electron chi connectivity index (χ2n) is 4.70. The summed E-state index contributed by atoms with van der Waals surface area (Å²) >= 11 is 0. The molecule has 0 aliphatic heterocycles. The topological polar surface area (TPSA) is 88.0 Å². The standard InChI is InChI=1S/C12H17N3O2/c1-8-4-5-9(10(16)14-8)15-11(17)12(13)6-2-3-7-12/h4-5H,2-3,6-7,13H2,1H3,(H,14,16)(H,15,17). The molecule has 4 N–H and O–H groups in total. The fourth-order valence-corrected chi connectivity index (χ4v) is 2.15. The largest absolute Gasteiger partial charge is 0.325 e. The van der Waals surface area contributed by atoms with Crippen molar-refractivity contribution in [3.63, 3.8) is 0 Å². The third-order valence-electron chi connectivity index (χ3n) is 3.25. The molecule has 5 heteroatoms. The molecule has 1 aromatic heterocycles. The van der Waals surface area contributed by atoms with Crippen molar-refractivity contribution in [3.05, 3.63) is 28.2 Å². The van der Waals surface area contributed by atoms with Crippen LogP contribution in [0.1, 0.15) is 31.4 Å². The molecule has 1 aromatic rings. The van der Waals surface area contributed by atoms with Crippen LogP contribution in [0.25, 0.3) is 0 Å². The van der Waals surface area contributed by atoms with Gasteiger partial charge in [-0.15, -0.1) is 0 Å². The Balaban J connectivity index is 2.16. The number of aromatic nitrogens is 1. The van der Waals surface area contributed by atoms with Gasteiger partial charge in [0.15, 0.2) is 0 Å². The van der Waals surface area contributed by atoms with E-state index in [1.807, 2.05) is 0 Å². The summed E-state index contributed by atoms with van der Waals surface area (Å²) in [5.74, 6) is -0.260. The van der Waals surface area contributed by atoms with Gasteiger partial charge in [0.05, 0.1) is 5.54 Å². The van der Waals surface area contributed by atoms with Crippen LogP contribution in [0.15, 0.2) is 16.9 Å². The fraction of sp³-hybridized carbons (Fsp3) is 0.500. The van der Waals surface area contributed by atoms with Gasteiger partial charge in [0.2, 0.25) is 5.91 Å². The fourth-order valence-electron chi connectivity index (χ4n) is 2.15. The van der Waals surface area contributed by atoms with Gasteiger partial charge < -0.3 is 16.0 Å². The molecule has 0 atom stereocenters. The number of carbonyl (C=O) groups is 1. The van der Waals surface area contributed by atoms with Crippen molar-refractivity contribution in [2.75, 3.05) is 5.32 Å². The van der Waals surface area contributed by atoms with Crippen molar-refractivity contribution < 1.29 is 4.79 Å². The summed E-state index contributed by atoms with van der Waals surface area (Å²) in [5.41, 5.74) is 5.93. The number of nitrogens with two attached hydrogens (primary N) is 1. The molecule has 17 heavy (non-hydrogen) atoms. The minimum absolute atomic E-state index is 0.260. The van der Waals surface area contributed by atoms with Crippen LogP contribution < -0.4 is 16.6 Å². The Morgan fingerprint density at radius 3 is 2.65 bits per heavy atom. The van der Waals surface area contributed by atoms with Crippen molar-refractivity contribution in [1.82, 2.24) is 4.98 Å². The number of rotatable bonds is 2. The molecule has 92 valence electrons. The zero-order chi connectivity index (χ0) is 12.5. The lowest BCUT2D eigenvalue weighted by Crippen LogP contribution is -2.49. The first kappa shape index (κ1) is 11.9. The van der Waals surface area contributed by atoms with E-state index in [9.17, 15) is 9.59 Å². The maximum absolute atomic E-state index is 12.0. The number of amides is 1. The zero-order valence-electron chi connectivity index (χ0n) is 9.88. The number of carbonyl (C=O) groups excluding carboxylic acids is 1. The Hall–Kier alpha value is -1.62. The average Bonchev–Trinajstić information content (AvgIpc) is 2.71. The van der Waals surface area contributed by atoms with E-state index in [2.05, 4.69) is 10.3 Å². The van der Waals surface area contributed by atoms with Gasteiger partial charge >= 0.3 is 0 Å². The van der Waals surface area contributed by atoms with Gasteiger partial charge in [-0.2, -0.15) is 0 Å². The molecule has 0 bridgehead atoms. The van der Waals surface area contributed by atoms with Crippen LogP contribution in [-0.4, -0.2) is 16.4 Å². The minimum atomic E-state index is -0.808. The predicted octanol–water partition coefficient (Wildman–Crippen LogP) is 0.893. The number of H-pyrrole nitrogens is 1. The minimum Gasteiger partial charge on any atom is -0.325 e. The summed E-state index contributed by atoms with van der Waals surface area (Å²) < 4.78 is 0. The molecule has 1 aliphatic carbocycles. The maximum atomic E-state index is 12.0. The molecular weight excluding hydrogens is 218 g/mol. The van der Waals surface area contributed by atoms with Crippen LogP contribution in [0.3, 0.4) is 0 Å². The van der Waals surface area contributed by atoms with Gasteiger partial charge in [-0.3, -0.25) is 9.59 Å². The summed E-state index contributed by atoms with van der Waals surface area (Å²) in [6, 6.07) is 3.35. The molecule has 0 saturated heterocycles. The maximum Gasteiger partial charge on any atom is 0.271 e. The Kier molecular flexibility index (Phi) is 3.02. The summed E-state index contributed by atoms with van der Waals surface area (Å²) in [7, 11) is 0. The third kappa shape index (κ3) is 2.39. The van der Waals surface area contributed by atoms with Crippen LogP contribution in [0.4, 0.5) is 5.69 Å². The van der Waals surface area contributed by atoms with Gasteiger partial charge in [0.25, 0.3) is 5.56 Å². The van der Waals surface area contributed by atoms with Crippen LogP contribution in [-0.2, 0) is 4.79 Å². The predicted molar refractivity (Wildman–Crippen MR) is 65.8 cm³/mol. The zero-order valence-corrected chi connectivity index (χ0v) is 9.88. The van der Waals surface area contributed by atoms with Crippen molar-refractivity contribution >= 4 is 11.6 Å². The van der Waals surface area contributed by atoms with E-state index < -0.39 is 5.54 Å². The Morgan fingerprint density at radius 1 is 1.41 bits per heavy atom. The second kappa shape index (κ2) is 4.33. The van der Waals surface area contributed by atoms with E-state index >= 15 is 0 Å². The second-order valence-corrected chi connectivity index (χ2v) is 4.70. The molecule has 2 rings (SSSR count). The van der Waals surface area contributed by atoms with Gasteiger partial charge in [0.1, 0.15) is 5.69 Å². The highest BCUT2D eigenvalue weighted by molar-refractivity contribution is 5.98. The quantitative estimate of drug-likeness (QED) is 0.711. The summed E-state index contributed by atoms with van der Waals surface area (Å²) in [4.78, 5) is 26.2. The first-order valence-electron chi connectivity index (χ1n) is 5.81. The number of aromatic amines is 1. The molecule has 1 amide bonds. The number of hydrogen-bond acceptors (Lipinski definition) is 3. The van der Waals surface area contributed by atoms with Gasteiger partial charge in [-0.05, 0) is 31.9 Å². The molecule has 1 fully saturated rings. The molecular formula is C12H17N3O2. The number of hydrogen-bond donors (Lipinski definition) is 3. The number of aryl methyl sites for hydroxylation is 1. The highest BCUT2D eigenvalue weighted by Crippen LogP contribution is 2.27. The summed E-state index contributed by atoms with van der Waals surface area (Å²) in [5, 5.41) is 2.61. The van der Waals surface area contributed by atoms with Gasteiger partial charge in [0, 0.05) is 5.69 Å². The van der Waals surface area contributed by atoms with Crippen LogP contribution in [0, 0.1) is 6.92 Å². The highest BCUT2D eigenvalue weighted by Gasteiger charge is 2.37. The smallest absolute Gasteiger partial charge is 0.271 e. The van der Waals surface area contributed by atoms with Crippen molar-refractivity contribution in [2.24, 2.45) is 5.73 Å². The van der Waals surface area contributed by atoms with E-state index in [0.717, 1.165) is 18.5 Å². The first-order valence-corrected chi connectivity index (χ1v) is 5.81. The Labute approximate surface area is 99.4 Å². The van der Waals surface area contributed by atoms with Gasteiger partial charge in [-0.1, -0.05) is 12.8 Å². The highest BCUT2D eigenvalue weighted by atomic mass is 16.2. The van der Waals surface area contributed by atoms with Crippen molar-refractivity contribution in [1.29, 1.82) is 0 Å². The first-order chi connectivity index (χ1) is 8.01. The third-order valence-corrected chi connectivity index (χ3v) is 3.25. The van der Waals surface area contributed by atoms with E-state index in [-0.39, 0.29) is 17.2 Å². The van der Waals surface area contributed by atoms with Crippen LogP contribution in [0.5, 0.6) is 0 Å². The van der Waals surface area contributed by atoms with Crippen molar-refractivity contribution in [3.8, 4) is 0 Å². The SMILES string of the molecule is Cc1ccc(NC(=O)C2(N)CCCC2)c(=O)[nH]1. The molecule has 0 spiro atoms. The normalized spacial score (nSPS) is 18.0. The monoisotopic (exact) mass is 235 g/mol. The Bertz CT molecular complexity index is 487. The van der Waals surface area contributed by atoms with E-state index in [4.69, 9.17) is 5.73 Å². The Morgan fingerprint density at radius 2 is 2.06 bits per heavy atom. The van der Waals surface area contributed by atoms with E-state index in [1.165, 1.54) is 0 Å². The molecule has 1 heterocycles. The van der Waals surface area contributed by atoms with Crippen LogP contribution in [0.2, 0.25) is 0 Å². The lowest BCUT2D eigenvalue weighted by atomic mass is 9.98. The molecule has 1 aliphatic rings. The lowest BCUT2D eigenvalue weighted by Gasteiger charge is -2.21. The van der Waals surface area contributed by atoms with Crippen LogP contribution >= 0.6 is 0 Å². The van der Waals surface area contributed by atoms with E-state index in [1.54, 1.807) is 19.1 Å². The molecule has 0 unspecified atom stereocenters. The summed E-state index contributed by atoms with van der Waals surface area (Å²) in [6.07, 6.45) is 3.30. The molecule has 0 radical (unpaired) electrons. The van der Waals surface area contributed by atoms with Crippen molar-refractivity contribution in [2.45, 2.75) is 38.1 Å². The number of nitrogens with one attached hydrogen (secondary N) is 2.